The van der Waals surface area contributed by atoms with Gasteiger partial charge < -0.3 is 0 Å². The van der Waals surface area contributed by atoms with Crippen molar-refractivity contribution in [2.45, 2.75) is 6.54 Å². The molecule has 0 aliphatic carbocycles. The highest BCUT2D eigenvalue weighted by molar-refractivity contribution is 6.02. The molecule has 4 aromatic heterocycles. The van der Waals surface area contributed by atoms with Crippen LogP contribution < -0.4 is 4.57 Å². The third-order valence-corrected chi connectivity index (χ3v) is 5.33. The standard InChI is InChI=1S/C21H16N5/c1-24-19-17(8-5-10-23-19)18-21(24)26(15-6-3-2-4-7-15)20-16-9-11-22-12-14(16)13-25(18)20/h2-12H,13H2,1H3/q+1. The van der Waals surface area contributed by atoms with Crippen LogP contribution in [-0.4, -0.2) is 19.1 Å². The summed E-state index contributed by atoms with van der Waals surface area (Å²) in [7, 11) is 2.10. The van der Waals surface area contributed by atoms with Crippen LogP contribution >= 0.6 is 0 Å². The Labute approximate surface area is 149 Å². The molecule has 0 bridgehead atoms. The maximum absolute atomic E-state index is 4.62. The minimum absolute atomic E-state index is 0.836. The molecule has 0 amide bonds. The van der Waals surface area contributed by atoms with E-state index in [1.807, 2.05) is 24.7 Å². The molecule has 0 spiro atoms. The van der Waals surface area contributed by atoms with Gasteiger partial charge in [-0.2, -0.15) is 4.57 Å². The van der Waals surface area contributed by atoms with Crippen LogP contribution in [0.4, 0.5) is 0 Å². The lowest BCUT2D eigenvalue weighted by Crippen LogP contribution is -2.31. The Morgan fingerprint density at radius 3 is 2.77 bits per heavy atom. The summed E-state index contributed by atoms with van der Waals surface area (Å²) in [5, 5.41) is 1.18. The van der Waals surface area contributed by atoms with Crippen LogP contribution in [-0.2, 0) is 13.6 Å². The van der Waals surface area contributed by atoms with Crippen LogP contribution in [0, 0.1) is 0 Å². The summed E-state index contributed by atoms with van der Waals surface area (Å²) in [4.78, 5) is 8.95. The number of imidazole rings is 1. The molecule has 1 aliphatic heterocycles. The van der Waals surface area contributed by atoms with Gasteiger partial charge in [0.15, 0.2) is 0 Å². The lowest BCUT2D eigenvalue weighted by Gasteiger charge is -2.03. The number of benzene rings is 1. The van der Waals surface area contributed by atoms with Gasteiger partial charge in [-0.1, -0.05) is 18.2 Å². The SMILES string of the molecule is Cn1c2ncccc2c2c1n(-c1ccccc1)c1[n+]2Cc2cnccc2-1. The number of pyridine rings is 2. The first-order valence-electron chi connectivity index (χ1n) is 8.71. The molecule has 124 valence electrons. The van der Waals surface area contributed by atoms with Crippen LogP contribution in [0.25, 0.3) is 39.3 Å². The van der Waals surface area contributed by atoms with Gasteiger partial charge in [-0.3, -0.25) is 9.55 Å². The fraction of sp³-hybridized carbons (Fsp3) is 0.0952. The monoisotopic (exact) mass is 338 g/mol. The largest absolute Gasteiger partial charge is 0.297 e. The Morgan fingerprint density at radius 2 is 1.88 bits per heavy atom. The minimum atomic E-state index is 0.836. The first kappa shape index (κ1) is 13.8. The van der Waals surface area contributed by atoms with Gasteiger partial charge in [-0.25, -0.2) is 9.55 Å². The molecule has 5 aromatic rings. The highest BCUT2D eigenvalue weighted by Gasteiger charge is 2.38. The van der Waals surface area contributed by atoms with Crippen molar-refractivity contribution in [1.82, 2.24) is 19.1 Å². The molecule has 0 unspecified atom stereocenters. The van der Waals surface area contributed by atoms with Crippen molar-refractivity contribution in [3.63, 3.8) is 0 Å². The molecule has 0 radical (unpaired) electrons. The molecular formula is C21H16N5+. The van der Waals surface area contributed by atoms with Crippen molar-refractivity contribution in [2.75, 3.05) is 0 Å². The van der Waals surface area contributed by atoms with Gasteiger partial charge >= 0.3 is 0 Å². The summed E-state index contributed by atoms with van der Waals surface area (Å²) in [5.74, 6) is 1.21. The van der Waals surface area contributed by atoms with E-state index in [1.165, 1.54) is 33.5 Å². The van der Waals surface area contributed by atoms with E-state index >= 15 is 0 Å². The molecular weight excluding hydrogens is 322 g/mol. The van der Waals surface area contributed by atoms with Gasteiger partial charge in [0.05, 0.1) is 10.9 Å². The van der Waals surface area contributed by atoms with E-state index < -0.39 is 0 Å². The van der Waals surface area contributed by atoms with E-state index in [4.69, 9.17) is 0 Å². The zero-order valence-corrected chi connectivity index (χ0v) is 14.3. The number of hydrogen-bond acceptors (Lipinski definition) is 2. The molecule has 0 fully saturated rings. The highest BCUT2D eigenvalue weighted by Crippen LogP contribution is 2.36. The van der Waals surface area contributed by atoms with Crippen LogP contribution in [0.15, 0.2) is 67.1 Å². The Balaban J connectivity index is 1.87. The zero-order chi connectivity index (χ0) is 17.3. The quantitative estimate of drug-likeness (QED) is 0.432. The van der Waals surface area contributed by atoms with Crippen molar-refractivity contribution in [2.24, 2.45) is 7.05 Å². The zero-order valence-electron chi connectivity index (χ0n) is 14.3. The third-order valence-electron chi connectivity index (χ3n) is 5.33. The molecule has 0 saturated carbocycles. The Hall–Kier alpha value is -3.47. The number of para-hydroxylation sites is 1. The fourth-order valence-electron chi connectivity index (χ4n) is 4.26. The van der Waals surface area contributed by atoms with Gasteiger partial charge in [0, 0.05) is 31.2 Å². The smallest absolute Gasteiger partial charge is 0.292 e. The predicted octanol–water partition coefficient (Wildman–Crippen LogP) is 3.23. The number of hydrogen-bond donors (Lipinski definition) is 0. The lowest BCUT2D eigenvalue weighted by molar-refractivity contribution is -0.645. The number of rotatable bonds is 1. The molecule has 6 rings (SSSR count). The van der Waals surface area contributed by atoms with E-state index in [2.05, 4.69) is 73.2 Å². The molecule has 1 aliphatic rings. The number of aryl methyl sites for hydroxylation is 1. The Bertz CT molecular complexity index is 1310. The fourth-order valence-corrected chi connectivity index (χ4v) is 4.26. The average Bonchev–Trinajstić information content (AvgIpc) is 3.31. The van der Waals surface area contributed by atoms with Crippen molar-refractivity contribution in [3.8, 4) is 17.1 Å². The predicted molar refractivity (Wildman–Crippen MR) is 100 cm³/mol. The van der Waals surface area contributed by atoms with Gasteiger partial charge in [0.25, 0.3) is 11.5 Å². The van der Waals surface area contributed by atoms with Crippen molar-refractivity contribution < 1.29 is 4.57 Å². The Kier molecular flexibility index (Phi) is 2.54. The van der Waals surface area contributed by atoms with Crippen molar-refractivity contribution in [3.05, 3.63) is 72.7 Å². The molecule has 0 N–H and O–H groups in total. The molecule has 0 atom stereocenters. The number of aromatic nitrogens is 5. The normalized spacial score (nSPS) is 12.7. The summed E-state index contributed by atoms with van der Waals surface area (Å²) in [6.07, 6.45) is 5.71. The Morgan fingerprint density at radius 1 is 1.00 bits per heavy atom. The van der Waals surface area contributed by atoms with Gasteiger partial charge in [-0.05, 0) is 30.3 Å². The summed E-state index contributed by atoms with van der Waals surface area (Å²) in [6, 6.07) is 16.8. The number of nitrogens with zero attached hydrogens (tertiary/aromatic N) is 5. The topological polar surface area (TPSA) is 39.5 Å². The van der Waals surface area contributed by atoms with E-state index in [9.17, 15) is 0 Å². The molecule has 5 nitrogen and oxygen atoms in total. The summed E-state index contributed by atoms with van der Waals surface area (Å²) < 4.78 is 6.95. The molecule has 5 heteroatoms. The molecule has 26 heavy (non-hydrogen) atoms. The summed E-state index contributed by atoms with van der Waals surface area (Å²) in [6.45, 7) is 0.836. The van der Waals surface area contributed by atoms with Crippen LogP contribution in [0.1, 0.15) is 5.56 Å². The van der Waals surface area contributed by atoms with E-state index in [-0.39, 0.29) is 0 Å². The van der Waals surface area contributed by atoms with Crippen molar-refractivity contribution in [1.29, 1.82) is 0 Å². The second kappa shape index (κ2) is 4.79. The van der Waals surface area contributed by atoms with E-state index in [0.29, 0.717) is 0 Å². The van der Waals surface area contributed by atoms with Gasteiger partial charge in [0.1, 0.15) is 17.9 Å². The van der Waals surface area contributed by atoms with Gasteiger partial charge in [0.2, 0.25) is 5.52 Å². The first-order chi connectivity index (χ1) is 12.8. The third kappa shape index (κ3) is 1.57. The second-order valence-corrected chi connectivity index (χ2v) is 6.72. The average molecular weight is 338 g/mol. The molecule has 5 heterocycles. The van der Waals surface area contributed by atoms with Crippen LogP contribution in [0.2, 0.25) is 0 Å². The summed E-state index contributed by atoms with van der Waals surface area (Å²) in [5.41, 5.74) is 7.06. The molecule has 1 aromatic carbocycles. The second-order valence-electron chi connectivity index (χ2n) is 6.72. The van der Waals surface area contributed by atoms with E-state index in [1.54, 1.807) is 0 Å². The van der Waals surface area contributed by atoms with Gasteiger partial charge in [-0.15, -0.1) is 0 Å². The number of fused-ring (bicyclic) bond motifs is 7. The molecule has 0 saturated heterocycles. The lowest BCUT2D eigenvalue weighted by atomic mass is 10.1. The summed E-state index contributed by atoms with van der Waals surface area (Å²) >= 11 is 0. The highest BCUT2D eigenvalue weighted by atomic mass is 15.3. The van der Waals surface area contributed by atoms with E-state index in [0.717, 1.165) is 17.9 Å². The minimum Gasteiger partial charge on any atom is -0.292 e. The van der Waals surface area contributed by atoms with Crippen LogP contribution in [0.5, 0.6) is 0 Å². The van der Waals surface area contributed by atoms with Crippen molar-refractivity contribution >= 4 is 22.2 Å². The first-order valence-corrected chi connectivity index (χ1v) is 8.71. The maximum atomic E-state index is 4.62. The van der Waals surface area contributed by atoms with Crippen LogP contribution in [0.3, 0.4) is 0 Å². The maximum Gasteiger partial charge on any atom is 0.297 e.